The summed E-state index contributed by atoms with van der Waals surface area (Å²) in [7, 11) is 0. The molecule has 2 heterocycles. The quantitative estimate of drug-likeness (QED) is 0.915. The van der Waals surface area contributed by atoms with E-state index in [2.05, 4.69) is 0 Å². The van der Waals surface area contributed by atoms with E-state index in [0.717, 1.165) is 43.7 Å². The molecule has 2 aliphatic rings. The van der Waals surface area contributed by atoms with Crippen molar-refractivity contribution in [2.45, 2.75) is 25.2 Å². The maximum Gasteiger partial charge on any atom is 0.230 e. The molecule has 2 atom stereocenters. The summed E-state index contributed by atoms with van der Waals surface area (Å²) in [5.74, 6) is 1.47. The summed E-state index contributed by atoms with van der Waals surface area (Å²) in [6, 6.07) is 7.84. The molecule has 0 saturated carbocycles. The Kier molecular flexibility index (Phi) is 3.92. The molecule has 0 bridgehead atoms. The molecule has 1 aromatic rings. The van der Waals surface area contributed by atoms with Crippen LogP contribution in [-0.2, 0) is 4.79 Å². The van der Waals surface area contributed by atoms with Crippen LogP contribution in [0.1, 0.15) is 30.7 Å². The fourth-order valence-corrected chi connectivity index (χ4v) is 3.27. The van der Waals surface area contributed by atoms with Crippen LogP contribution >= 0.6 is 0 Å². The van der Waals surface area contributed by atoms with Gasteiger partial charge in [0, 0.05) is 25.3 Å². The zero-order valence-electron chi connectivity index (χ0n) is 11.6. The second kappa shape index (κ2) is 5.83. The Morgan fingerprint density at radius 3 is 3.05 bits per heavy atom. The first kappa shape index (κ1) is 13.4. The van der Waals surface area contributed by atoms with Gasteiger partial charge in [0.15, 0.2) is 0 Å². The van der Waals surface area contributed by atoms with Gasteiger partial charge in [0.05, 0.1) is 12.5 Å². The van der Waals surface area contributed by atoms with E-state index >= 15 is 0 Å². The van der Waals surface area contributed by atoms with Gasteiger partial charge in [-0.3, -0.25) is 4.79 Å². The molecule has 3 rings (SSSR count). The first-order valence-corrected chi connectivity index (χ1v) is 7.41. The van der Waals surface area contributed by atoms with Gasteiger partial charge in [0.2, 0.25) is 5.91 Å². The minimum atomic E-state index is -0.0622. The van der Waals surface area contributed by atoms with Gasteiger partial charge in [-0.15, -0.1) is 0 Å². The van der Waals surface area contributed by atoms with Gasteiger partial charge in [0.1, 0.15) is 5.75 Å². The molecule has 20 heavy (non-hydrogen) atoms. The van der Waals surface area contributed by atoms with E-state index < -0.39 is 0 Å². The number of benzene rings is 1. The molecule has 0 aromatic heterocycles. The molecule has 0 spiro atoms. The van der Waals surface area contributed by atoms with Gasteiger partial charge in [-0.1, -0.05) is 18.2 Å². The Bertz CT molecular complexity index is 488. The molecule has 0 radical (unpaired) electrons. The van der Waals surface area contributed by atoms with E-state index in [1.165, 1.54) is 0 Å². The SMILES string of the molecule is O=C(C1CCOc2ccccc21)N1CCC(CCO)C1. The van der Waals surface area contributed by atoms with Crippen LogP contribution in [0.4, 0.5) is 0 Å². The summed E-state index contributed by atoms with van der Waals surface area (Å²) in [5, 5.41) is 9.01. The minimum Gasteiger partial charge on any atom is -0.493 e. The van der Waals surface area contributed by atoms with Gasteiger partial charge < -0.3 is 14.7 Å². The molecule has 2 unspecified atom stereocenters. The van der Waals surface area contributed by atoms with E-state index in [0.29, 0.717) is 12.5 Å². The normalized spacial score (nSPS) is 25.1. The van der Waals surface area contributed by atoms with Crippen molar-refractivity contribution in [3.63, 3.8) is 0 Å². The van der Waals surface area contributed by atoms with E-state index in [1.807, 2.05) is 29.2 Å². The van der Waals surface area contributed by atoms with Crippen LogP contribution in [0.25, 0.3) is 0 Å². The Labute approximate surface area is 119 Å². The highest BCUT2D eigenvalue weighted by Gasteiger charge is 2.34. The molecule has 4 heteroatoms. The lowest BCUT2D eigenvalue weighted by atomic mass is 9.92. The summed E-state index contributed by atoms with van der Waals surface area (Å²) < 4.78 is 5.62. The van der Waals surface area contributed by atoms with E-state index in [1.54, 1.807) is 0 Å². The highest BCUT2D eigenvalue weighted by Crippen LogP contribution is 2.35. The third kappa shape index (κ3) is 2.52. The van der Waals surface area contributed by atoms with Crippen molar-refractivity contribution < 1.29 is 14.6 Å². The standard InChI is InChI=1S/C16H21NO3/c18-9-6-12-5-8-17(11-12)16(19)14-7-10-20-15-4-2-1-3-13(14)15/h1-4,12,14,18H,5-11H2. The lowest BCUT2D eigenvalue weighted by Crippen LogP contribution is -2.35. The number of hydrogen-bond acceptors (Lipinski definition) is 3. The molecule has 1 amide bonds. The number of fused-ring (bicyclic) bond motifs is 1. The molecule has 0 aliphatic carbocycles. The predicted molar refractivity (Wildman–Crippen MR) is 75.7 cm³/mol. The fourth-order valence-electron chi connectivity index (χ4n) is 3.27. The molecule has 1 aromatic carbocycles. The van der Waals surface area contributed by atoms with Crippen LogP contribution in [0.15, 0.2) is 24.3 Å². The largest absolute Gasteiger partial charge is 0.493 e. The van der Waals surface area contributed by atoms with Crippen LogP contribution in [-0.4, -0.2) is 42.2 Å². The molecular formula is C16H21NO3. The van der Waals surface area contributed by atoms with Gasteiger partial charge in [-0.05, 0) is 31.2 Å². The maximum atomic E-state index is 12.7. The summed E-state index contributed by atoms with van der Waals surface area (Å²) >= 11 is 0. The lowest BCUT2D eigenvalue weighted by Gasteiger charge is -2.28. The van der Waals surface area contributed by atoms with Crippen LogP contribution in [0.2, 0.25) is 0 Å². The molecule has 4 nitrogen and oxygen atoms in total. The van der Waals surface area contributed by atoms with Crippen molar-refractivity contribution in [2.75, 3.05) is 26.3 Å². The number of hydrogen-bond donors (Lipinski definition) is 1. The highest BCUT2D eigenvalue weighted by atomic mass is 16.5. The van der Waals surface area contributed by atoms with Crippen molar-refractivity contribution in [1.29, 1.82) is 0 Å². The van der Waals surface area contributed by atoms with E-state index in [4.69, 9.17) is 9.84 Å². The Balaban J connectivity index is 1.73. The van der Waals surface area contributed by atoms with Crippen molar-refractivity contribution >= 4 is 5.91 Å². The minimum absolute atomic E-state index is 0.0622. The number of para-hydroxylation sites is 1. The second-order valence-electron chi connectivity index (χ2n) is 5.68. The maximum absolute atomic E-state index is 12.7. The molecule has 2 aliphatic heterocycles. The number of ether oxygens (including phenoxy) is 1. The van der Waals surface area contributed by atoms with Gasteiger partial charge in [-0.25, -0.2) is 0 Å². The van der Waals surface area contributed by atoms with Crippen LogP contribution in [0, 0.1) is 5.92 Å². The van der Waals surface area contributed by atoms with Crippen molar-refractivity contribution in [2.24, 2.45) is 5.92 Å². The summed E-state index contributed by atoms with van der Waals surface area (Å²) in [6.07, 6.45) is 2.57. The number of aliphatic hydroxyl groups excluding tert-OH is 1. The summed E-state index contributed by atoms with van der Waals surface area (Å²) in [6.45, 7) is 2.44. The second-order valence-corrected chi connectivity index (χ2v) is 5.68. The van der Waals surface area contributed by atoms with Crippen LogP contribution < -0.4 is 4.74 Å². The zero-order valence-corrected chi connectivity index (χ0v) is 11.6. The topological polar surface area (TPSA) is 49.8 Å². The number of carbonyl (C=O) groups is 1. The van der Waals surface area contributed by atoms with Crippen LogP contribution in [0.3, 0.4) is 0 Å². The Morgan fingerprint density at radius 1 is 1.35 bits per heavy atom. The average molecular weight is 275 g/mol. The first-order chi connectivity index (χ1) is 9.79. The number of aliphatic hydroxyl groups is 1. The zero-order chi connectivity index (χ0) is 13.9. The number of rotatable bonds is 3. The monoisotopic (exact) mass is 275 g/mol. The van der Waals surface area contributed by atoms with Gasteiger partial charge >= 0.3 is 0 Å². The molecule has 108 valence electrons. The number of carbonyl (C=O) groups excluding carboxylic acids is 1. The van der Waals surface area contributed by atoms with Crippen LogP contribution in [0.5, 0.6) is 5.75 Å². The number of likely N-dealkylation sites (tertiary alicyclic amines) is 1. The Morgan fingerprint density at radius 2 is 2.20 bits per heavy atom. The first-order valence-electron chi connectivity index (χ1n) is 7.41. The molecule has 1 N–H and O–H groups in total. The van der Waals surface area contributed by atoms with Crippen molar-refractivity contribution in [3.8, 4) is 5.75 Å². The smallest absolute Gasteiger partial charge is 0.230 e. The predicted octanol–water partition coefficient (Wildman–Crippen LogP) is 1.78. The van der Waals surface area contributed by atoms with Crippen molar-refractivity contribution in [1.82, 2.24) is 4.90 Å². The van der Waals surface area contributed by atoms with Gasteiger partial charge in [0.25, 0.3) is 0 Å². The van der Waals surface area contributed by atoms with E-state index in [9.17, 15) is 4.79 Å². The highest BCUT2D eigenvalue weighted by molar-refractivity contribution is 5.85. The fraction of sp³-hybridized carbons (Fsp3) is 0.562. The van der Waals surface area contributed by atoms with Crippen molar-refractivity contribution in [3.05, 3.63) is 29.8 Å². The molecule has 1 fully saturated rings. The average Bonchev–Trinajstić information content (AvgIpc) is 2.95. The molecular weight excluding hydrogens is 254 g/mol. The molecule has 1 saturated heterocycles. The Hall–Kier alpha value is -1.55. The number of nitrogens with zero attached hydrogens (tertiary/aromatic N) is 1. The third-order valence-corrected chi connectivity index (χ3v) is 4.39. The third-order valence-electron chi connectivity index (χ3n) is 4.39. The lowest BCUT2D eigenvalue weighted by molar-refractivity contribution is -0.132. The summed E-state index contributed by atoms with van der Waals surface area (Å²) in [5.41, 5.74) is 1.02. The van der Waals surface area contributed by atoms with Gasteiger partial charge in [-0.2, -0.15) is 0 Å². The summed E-state index contributed by atoms with van der Waals surface area (Å²) in [4.78, 5) is 14.7. The van der Waals surface area contributed by atoms with E-state index in [-0.39, 0.29) is 18.4 Å². The number of amides is 1.